The third-order valence-electron chi connectivity index (χ3n) is 1.49. The van der Waals surface area contributed by atoms with Crippen molar-refractivity contribution in [2.24, 2.45) is 0 Å². The highest BCUT2D eigenvalue weighted by Gasteiger charge is 2.13. The summed E-state index contributed by atoms with van der Waals surface area (Å²) in [4.78, 5) is 10.9. The largest absolute Gasteiger partial charge is 0.504 e. The van der Waals surface area contributed by atoms with Crippen molar-refractivity contribution >= 4 is 5.97 Å². The molecule has 0 atom stereocenters. The molecule has 84 valence electrons. The maximum atomic E-state index is 10.9. The Morgan fingerprint density at radius 3 is 1.87 bits per heavy atom. The van der Waals surface area contributed by atoms with Gasteiger partial charge in [0.05, 0.1) is 12.7 Å². The molecule has 0 aromatic heterocycles. The van der Waals surface area contributed by atoms with Gasteiger partial charge in [0.2, 0.25) is 0 Å². The van der Waals surface area contributed by atoms with Crippen LogP contribution < -0.4 is 0 Å². The molecule has 3 N–H and O–H groups in total. The van der Waals surface area contributed by atoms with Gasteiger partial charge in [-0.2, -0.15) is 0 Å². The number of hydrogen-bond donors (Lipinski definition) is 3. The summed E-state index contributed by atoms with van der Waals surface area (Å²) < 4.78 is 4.34. The van der Waals surface area contributed by atoms with Crippen molar-refractivity contribution in [1.82, 2.24) is 0 Å². The van der Waals surface area contributed by atoms with E-state index in [0.29, 0.717) is 0 Å². The van der Waals surface area contributed by atoms with Crippen LogP contribution in [0.25, 0.3) is 0 Å². The Morgan fingerprint density at radius 2 is 1.53 bits per heavy atom. The molecule has 0 amide bonds. The number of esters is 1. The van der Waals surface area contributed by atoms with Crippen LogP contribution in [-0.2, 0) is 4.74 Å². The van der Waals surface area contributed by atoms with E-state index in [1.807, 2.05) is 13.8 Å². The van der Waals surface area contributed by atoms with Gasteiger partial charge in [0.25, 0.3) is 0 Å². The molecule has 0 aliphatic carbocycles. The van der Waals surface area contributed by atoms with Crippen molar-refractivity contribution in [3.8, 4) is 17.2 Å². The van der Waals surface area contributed by atoms with Gasteiger partial charge in [-0.3, -0.25) is 0 Å². The van der Waals surface area contributed by atoms with Gasteiger partial charge in [-0.15, -0.1) is 0 Å². The Labute approximate surface area is 87.6 Å². The first-order chi connectivity index (χ1) is 7.06. The van der Waals surface area contributed by atoms with Crippen LogP contribution in [0.3, 0.4) is 0 Å². The summed E-state index contributed by atoms with van der Waals surface area (Å²) in [5.74, 6) is -2.50. The molecule has 0 aliphatic heterocycles. The molecule has 0 bridgehead atoms. The average Bonchev–Trinajstić information content (AvgIpc) is 2.26. The molecule has 0 spiro atoms. The maximum absolute atomic E-state index is 10.9. The lowest BCUT2D eigenvalue weighted by atomic mass is 10.2. The third kappa shape index (κ3) is 3.05. The summed E-state index contributed by atoms with van der Waals surface area (Å²) in [5, 5.41) is 26.9. The highest BCUT2D eigenvalue weighted by molar-refractivity contribution is 5.90. The van der Waals surface area contributed by atoms with Gasteiger partial charge in [-0.25, -0.2) is 4.79 Å². The molecular formula is C10H14O5. The van der Waals surface area contributed by atoms with Gasteiger partial charge in [0.1, 0.15) is 0 Å². The maximum Gasteiger partial charge on any atom is 0.338 e. The van der Waals surface area contributed by atoms with E-state index < -0.39 is 23.2 Å². The van der Waals surface area contributed by atoms with Crippen LogP contribution in [0.4, 0.5) is 0 Å². The second-order valence-electron chi connectivity index (χ2n) is 2.35. The number of methoxy groups -OCH3 is 1. The molecule has 0 aliphatic rings. The third-order valence-corrected chi connectivity index (χ3v) is 1.49. The van der Waals surface area contributed by atoms with Crippen molar-refractivity contribution in [3.63, 3.8) is 0 Å². The summed E-state index contributed by atoms with van der Waals surface area (Å²) in [6.45, 7) is 4.00. The van der Waals surface area contributed by atoms with Gasteiger partial charge in [-0.05, 0) is 12.1 Å². The number of phenols is 3. The van der Waals surface area contributed by atoms with E-state index in [2.05, 4.69) is 4.74 Å². The van der Waals surface area contributed by atoms with Crippen LogP contribution in [0.5, 0.6) is 17.2 Å². The SMILES string of the molecule is CC.COC(=O)c1cc(O)c(O)c(O)c1. The van der Waals surface area contributed by atoms with E-state index in [1.165, 1.54) is 7.11 Å². The number of hydrogen-bond acceptors (Lipinski definition) is 5. The van der Waals surface area contributed by atoms with Crippen LogP contribution >= 0.6 is 0 Å². The van der Waals surface area contributed by atoms with E-state index in [-0.39, 0.29) is 5.56 Å². The van der Waals surface area contributed by atoms with Gasteiger partial charge >= 0.3 is 5.97 Å². The quantitative estimate of drug-likeness (QED) is 0.488. The van der Waals surface area contributed by atoms with E-state index in [9.17, 15) is 4.79 Å². The minimum atomic E-state index is -0.703. The lowest BCUT2D eigenvalue weighted by Crippen LogP contribution is -2.00. The standard InChI is InChI=1S/C8H8O5.C2H6/c1-13-8(12)4-2-5(9)7(11)6(10)3-4;1-2/h2-3,9-11H,1H3;1-2H3. The van der Waals surface area contributed by atoms with Crippen molar-refractivity contribution in [3.05, 3.63) is 17.7 Å². The second-order valence-corrected chi connectivity index (χ2v) is 2.35. The Morgan fingerprint density at radius 1 is 1.13 bits per heavy atom. The Hall–Kier alpha value is -1.91. The van der Waals surface area contributed by atoms with Crippen LogP contribution in [0.2, 0.25) is 0 Å². The first-order valence-corrected chi connectivity index (χ1v) is 4.39. The summed E-state index contributed by atoms with van der Waals surface area (Å²) in [6, 6.07) is 2.00. The number of benzene rings is 1. The normalized spacial score (nSPS) is 8.73. The fourth-order valence-electron chi connectivity index (χ4n) is 0.840. The van der Waals surface area contributed by atoms with E-state index in [0.717, 1.165) is 12.1 Å². The number of aromatic hydroxyl groups is 3. The predicted octanol–water partition coefficient (Wildman–Crippen LogP) is 1.62. The fourth-order valence-corrected chi connectivity index (χ4v) is 0.840. The Kier molecular flexibility index (Phi) is 5.01. The first-order valence-electron chi connectivity index (χ1n) is 4.39. The van der Waals surface area contributed by atoms with Gasteiger partial charge in [0, 0.05) is 0 Å². The molecule has 1 aromatic carbocycles. The zero-order chi connectivity index (χ0) is 12.0. The van der Waals surface area contributed by atoms with Gasteiger partial charge in [-0.1, -0.05) is 13.8 Å². The van der Waals surface area contributed by atoms with E-state index in [1.54, 1.807) is 0 Å². The van der Waals surface area contributed by atoms with Crippen LogP contribution in [-0.4, -0.2) is 28.4 Å². The highest BCUT2D eigenvalue weighted by Crippen LogP contribution is 2.35. The number of carbonyl (C=O) groups excluding carboxylic acids is 1. The second kappa shape index (κ2) is 5.74. The zero-order valence-corrected chi connectivity index (χ0v) is 8.81. The smallest absolute Gasteiger partial charge is 0.338 e. The molecule has 0 heterocycles. The summed E-state index contributed by atoms with van der Waals surface area (Å²) in [5.41, 5.74) is -0.0321. The van der Waals surface area contributed by atoms with Gasteiger partial charge in [0.15, 0.2) is 17.2 Å². The van der Waals surface area contributed by atoms with E-state index >= 15 is 0 Å². The lowest BCUT2D eigenvalue weighted by molar-refractivity contribution is 0.0599. The molecule has 1 rings (SSSR count). The minimum absolute atomic E-state index is 0.0321. The molecule has 0 unspecified atom stereocenters. The Balaban J connectivity index is 0.000000921. The molecular weight excluding hydrogens is 200 g/mol. The van der Waals surface area contributed by atoms with Crippen LogP contribution in [0.1, 0.15) is 24.2 Å². The van der Waals surface area contributed by atoms with Crippen molar-refractivity contribution in [2.75, 3.05) is 7.11 Å². The monoisotopic (exact) mass is 214 g/mol. The summed E-state index contributed by atoms with van der Waals surface area (Å²) in [7, 11) is 1.17. The molecule has 15 heavy (non-hydrogen) atoms. The van der Waals surface area contributed by atoms with Crippen molar-refractivity contribution in [1.29, 1.82) is 0 Å². The molecule has 5 heteroatoms. The first kappa shape index (κ1) is 13.1. The highest BCUT2D eigenvalue weighted by atomic mass is 16.5. The minimum Gasteiger partial charge on any atom is -0.504 e. The van der Waals surface area contributed by atoms with Gasteiger partial charge < -0.3 is 20.1 Å². The van der Waals surface area contributed by atoms with Crippen molar-refractivity contribution < 1.29 is 24.9 Å². The predicted molar refractivity (Wildman–Crippen MR) is 54.1 cm³/mol. The molecule has 1 aromatic rings. The Bertz CT molecular complexity index is 323. The van der Waals surface area contributed by atoms with Crippen LogP contribution in [0.15, 0.2) is 12.1 Å². The average molecular weight is 214 g/mol. The molecule has 0 saturated carbocycles. The molecule has 0 fully saturated rings. The number of rotatable bonds is 1. The number of ether oxygens (including phenoxy) is 1. The molecule has 0 radical (unpaired) electrons. The fraction of sp³-hybridized carbons (Fsp3) is 0.300. The summed E-state index contributed by atoms with van der Waals surface area (Å²) in [6.07, 6.45) is 0. The summed E-state index contributed by atoms with van der Waals surface area (Å²) >= 11 is 0. The van der Waals surface area contributed by atoms with Crippen molar-refractivity contribution in [2.45, 2.75) is 13.8 Å². The molecule has 0 saturated heterocycles. The van der Waals surface area contributed by atoms with Crippen LogP contribution in [0, 0.1) is 0 Å². The van der Waals surface area contributed by atoms with E-state index in [4.69, 9.17) is 15.3 Å². The zero-order valence-electron chi connectivity index (χ0n) is 8.81. The number of phenolic OH excluding ortho intramolecular Hbond substituents is 3. The number of carbonyl (C=O) groups is 1. The lowest BCUT2D eigenvalue weighted by Gasteiger charge is -2.03. The molecule has 5 nitrogen and oxygen atoms in total. The topological polar surface area (TPSA) is 87.0 Å².